The van der Waals surface area contributed by atoms with E-state index in [2.05, 4.69) is 29.5 Å². The third kappa shape index (κ3) is 2.36. The molecule has 0 spiro atoms. The minimum atomic E-state index is 0.454. The molecule has 17 heavy (non-hydrogen) atoms. The first-order chi connectivity index (χ1) is 8.24. The van der Waals surface area contributed by atoms with E-state index >= 15 is 0 Å². The molecule has 3 heteroatoms. The number of hydrogen-bond donors (Lipinski definition) is 0. The zero-order valence-electron chi connectivity index (χ0n) is 10.1. The minimum Gasteiger partial charge on any atom is -0.334 e. The van der Waals surface area contributed by atoms with Crippen LogP contribution in [-0.4, -0.2) is 9.55 Å². The fraction of sp³-hybridized carbons (Fsp3) is 0.286. The van der Waals surface area contributed by atoms with E-state index < -0.39 is 0 Å². The molecular weight excluding hydrogens is 210 g/mol. The van der Waals surface area contributed by atoms with Gasteiger partial charge in [0.05, 0.1) is 23.7 Å². The summed E-state index contributed by atoms with van der Waals surface area (Å²) in [5, 5.41) is 8.86. The second-order valence-corrected chi connectivity index (χ2v) is 4.16. The van der Waals surface area contributed by atoms with Crippen LogP contribution in [0.15, 0.2) is 36.8 Å². The van der Waals surface area contributed by atoms with Gasteiger partial charge in [0.1, 0.15) is 0 Å². The Balaban J connectivity index is 2.34. The molecule has 0 amide bonds. The van der Waals surface area contributed by atoms with E-state index in [-0.39, 0.29) is 0 Å². The number of benzene rings is 1. The third-order valence-corrected chi connectivity index (χ3v) is 2.99. The molecule has 0 aliphatic carbocycles. The van der Waals surface area contributed by atoms with Gasteiger partial charge in [0.15, 0.2) is 0 Å². The van der Waals surface area contributed by atoms with Crippen LogP contribution >= 0.6 is 0 Å². The van der Waals surface area contributed by atoms with Gasteiger partial charge in [0.25, 0.3) is 0 Å². The number of rotatable bonds is 3. The van der Waals surface area contributed by atoms with E-state index in [1.807, 2.05) is 30.7 Å². The monoisotopic (exact) mass is 225 g/mol. The van der Waals surface area contributed by atoms with Crippen molar-refractivity contribution in [2.45, 2.75) is 26.3 Å². The van der Waals surface area contributed by atoms with Crippen molar-refractivity contribution in [1.29, 1.82) is 5.26 Å². The van der Waals surface area contributed by atoms with Crippen LogP contribution in [0.5, 0.6) is 0 Å². The van der Waals surface area contributed by atoms with Gasteiger partial charge in [-0.25, -0.2) is 4.98 Å². The molecule has 1 heterocycles. The maximum atomic E-state index is 8.86. The van der Waals surface area contributed by atoms with Gasteiger partial charge in [-0.05, 0) is 25.5 Å². The van der Waals surface area contributed by atoms with Crippen molar-refractivity contribution in [3.05, 3.63) is 42.4 Å². The molecule has 1 unspecified atom stereocenters. The van der Waals surface area contributed by atoms with Crippen LogP contribution in [0.2, 0.25) is 0 Å². The standard InChI is InChI=1S/C14H15N3/c1-3-11(2)17-9-14(16-10-17)13-6-4-5-12(7-13)8-15/h4-7,9-11H,3H2,1-2H3. The van der Waals surface area contributed by atoms with Crippen LogP contribution in [0.1, 0.15) is 31.9 Å². The first kappa shape index (κ1) is 11.4. The predicted octanol–water partition coefficient (Wildman–Crippen LogP) is 3.39. The Morgan fingerprint density at radius 3 is 3.00 bits per heavy atom. The van der Waals surface area contributed by atoms with Gasteiger partial charge in [-0.3, -0.25) is 0 Å². The van der Waals surface area contributed by atoms with Crippen LogP contribution in [0.3, 0.4) is 0 Å². The Morgan fingerprint density at radius 1 is 1.47 bits per heavy atom. The van der Waals surface area contributed by atoms with Crippen molar-refractivity contribution in [2.75, 3.05) is 0 Å². The fourth-order valence-electron chi connectivity index (χ4n) is 1.69. The quantitative estimate of drug-likeness (QED) is 0.803. The van der Waals surface area contributed by atoms with Gasteiger partial charge in [0, 0.05) is 17.8 Å². The molecular formula is C14H15N3. The highest BCUT2D eigenvalue weighted by molar-refractivity contribution is 5.60. The van der Waals surface area contributed by atoms with Gasteiger partial charge in [-0.1, -0.05) is 19.1 Å². The molecule has 1 aromatic carbocycles. The largest absolute Gasteiger partial charge is 0.334 e. The summed E-state index contributed by atoms with van der Waals surface area (Å²) in [4.78, 5) is 4.38. The highest BCUT2D eigenvalue weighted by Crippen LogP contribution is 2.20. The third-order valence-electron chi connectivity index (χ3n) is 2.99. The van der Waals surface area contributed by atoms with Gasteiger partial charge in [0.2, 0.25) is 0 Å². The van der Waals surface area contributed by atoms with E-state index in [4.69, 9.17) is 5.26 Å². The van der Waals surface area contributed by atoms with Gasteiger partial charge in [-0.15, -0.1) is 0 Å². The van der Waals surface area contributed by atoms with E-state index in [0.717, 1.165) is 17.7 Å². The SMILES string of the molecule is CCC(C)n1cnc(-c2cccc(C#N)c2)c1. The van der Waals surface area contributed by atoms with Crippen molar-refractivity contribution in [2.24, 2.45) is 0 Å². The van der Waals surface area contributed by atoms with E-state index in [1.54, 1.807) is 6.07 Å². The van der Waals surface area contributed by atoms with Crippen molar-refractivity contribution in [1.82, 2.24) is 9.55 Å². The average Bonchev–Trinajstić information content (AvgIpc) is 2.87. The number of nitriles is 1. The number of imidazole rings is 1. The van der Waals surface area contributed by atoms with Crippen LogP contribution in [0, 0.1) is 11.3 Å². The molecule has 0 bridgehead atoms. The molecule has 0 aliphatic heterocycles. The lowest BCUT2D eigenvalue weighted by atomic mass is 10.1. The highest BCUT2D eigenvalue weighted by atomic mass is 15.1. The van der Waals surface area contributed by atoms with Crippen LogP contribution in [0.25, 0.3) is 11.3 Å². The summed E-state index contributed by atoms with van der Waals surface area (Å²) >= 11 is 0. The summed E-state index contributed by atoms with van der Waals surface area (Å²) in [6, 6.07) is 10.1. The molecule has 86 valence electrons. The van der Waals surface area contributed by atoms with Gasteiger partial charge in [-0.2, -0.15) is 5.26 Å². The highest BCUT2D eigenvalue weighted by Gasteiger charge is 2.06. The minimum absolute atomic E-state index is 0.454. The topological polar surface area (TPSA) is 41.6 Å². The number of aromatic nitrogens is 2. The molecule has 0 saturated carbocycles. The first-order valence-corrected chi connectivity index (χ1v) is 5.78. The summed E-state index contributed by atoms with van der Waals surface area (Å²) in [6.45, 7) is 4.32. The Morgan fingerprint density at radius 2 is 2.29 bits per heavy atom. The van der Waals surface area contributed by atoms with E-state index in [9.17, 15) is 0 Å². The molecule has 1 aromatic heterocycles. The summed E-state index contributed by atoms with van der Waals surface area (Å²) in [5.41, 5.74) is 2.58. The first-order valence-electron chi connectivity index (χ1n) is 5.78. The Hall–Kier alpha value is -2.08. The van der Waals surface area contributed by atoms with Crippen LogP contribution < -0.4 is 0 Å². The lowest BCUT2D eigenvalue weighted by Gasteiger charge is -2.08. The molecule has 1 atom stereocenters. The lowest BCUT2D eigenvalue weighted by Crippen LogP contribution is -1.99. The number of hydrogen-bond acceptors (Lipinski definition) is 2. The second kappa shape index (κ2) is 4.84. The molecule has 3 nitrogen and oxygen atoms in total. The van der Waals surface area contributed by atoms with Crippen molar-refractivity contribution in [3.8, 4) is 17.3 Å². The van der Waals surface area contributed by atoms with Gasteiger partial charge >= 0.3 is 0 Å². The van der Waals surface area contributed by atoms with Crippen LogP contribution in [-0.2, 0) is 0 Å². The predicted molar refractivity (Wildman–Crippen MR) is 67.4 cm³/mol. The van der Waals surface area contributed by atoms with Crippen LogP contribution in [0.4, 0.5) is 0 Å². The smallest absolute Gasteiger partial charge is 0.0991 e. The second-order valence-electron chi connectivity index (χ2n) is 4.16. The number of nitrogens with zero attached hydrogens (tertiary/aromatic N) is 3. The van der Waals surface area contributed by atoms with E-state index in [1.165, 1.54) is 0 Å². The zero-order chi connectivity index (χ0) is 12.3. The summed E-state index contributed by atoms with van der Waals surface area (Å²) < 4.78 is 2.11. The molecule has 0 N–H and O–H groups in total. The molecule has 2 aromatic rings. The Labute approximate surface area is 101 Å². The van der Waals surface area contributed by atoms with Crippen molar-refractivity contribution < 1.29 is 0 Å². The fourth-order valence-corrected chi connectivity index (χ4v) is 1.69. The normalized spacial score (nSPS) is 12.1. The molecule has 0 radical (unpaired) electrons. The average molecular weight is 225 g/mol. The Bertz CT molecular complexity index is 549. The summed E-state index contributed by atoms with van der Waals surface area (Å²) in [7, 11) is 0. The van der Waals surface area contributed by atoms with E-state index in [0.29, 0.717) is 11.6 Å². The lowest BCUT2D eigenvalue weighted by molar-refractivity contribution is 0.530. The zero-order valence-corrected chi connectivity index (χ0v) is 10.1. The van der Waals surface area contributed by atoms with Gasteiger partial charge < -0.3 is 4.57 Å². The Kier molecular flexibility index (Phi) is 3.24. The summed E-state index contributed by atoms with van der Waals surface area (Å²) in [6.07, 6.45) is 4.96. The molecule has 0 aliphatic rings. The maximum Gasteiger partial charge on any atom is 0.0991 e. The molecule has 0 fully saturated rings. The van der Waals surface area contributed by atoms with Crippen molar-refractivity contribution >= 4 is 0 Å². The molecule has 2 rings (SSSR count). The maximum absolute atomic E-state index is 8.86. The summed E-state index contributed by atoms with van der Waals surface area (Å²) in [5.74, 6) is 0. The molecule has 0 saturated heterocycles. The van der Waals surface area contributed by atoms with Crippen molar-refractivity contribution in [3.63, 3.8) is 0 Å².